The van der Waals surface area contributed by atoms with Crippen molar-refractivity contribution in [1.29, 1.82) is 0 Å². The van der Waals surface area contributed by atoms with Gasteiger partial charge in [-0.15, -0.1) is 0 Å². The quantitative estimate of drug-likeness (QED) is 0.408. The Balaban J connectivity index is 1.96. The van der Waals surface area contributed by atoms with Crippen LogP contribution in [0.4, 0.5) is 0 Å². The molecule has 0 aliphatic carbocycles. The minimum absolute atomic E-state index is 0.144. The summed E-state index contributed by atoms with van der Waals surface area (Å²) < 4.78 is 18.1. The number of aromatic nitrogens is 4. The predicted molar refractivity (Wildman–Crippen MR) is 86.9 cm³/mol. The molecule has 2 aromatic rings. The van der Waals surface area contributed by atoms with E-state index in [4.69, 9.17) is 25.4 Å². The maximum atomic E-state index is 10.4. The van der Waals surface area contributed by atoms with E-state index in [0.29, 0.717) is 11.2 Å². The Morgan fingerprint density at radius 3 is 2.87 bits per heavy atom. The molecule has 0 amide bonds. The van der Waals surface area contributed by atoms with Crippen LogP contribution in [0.25, 0.3) is 11.2 Å². The molecule has 12 heteroatoms. The van der Waals surface area contributed by atoms with Crippen molar-refractivity contribution in [3.05, 3.63) is 17.8 Å². The van der Waals surface area contributed by atoms with Gasteiger partial charge in [0.25, 0.3) is 0 Å². The van der Waals surface area contributed by atoms with Crippen molar-refractivity contribution in [2.75, 3.05) is 13.2 Å². The summed E-state index contributed by atoms with van der Waals surface area (Å²) in [6.45, 7) is 1.77. The Hall–Kier alpha value is -0.865. The Morgan fingerprint density at radius 2 is 2.09 bits per heavy atom. The molecule has 3 rings (SSSR count). The monoisotopic (exact) mass is 362 g/mol. The predicted octanol–water partition coefficient (Wildman–Crippen LogP) is -0.174. The van der Waals surface area contributed by atoms with Crippen LogP contribution >= 0.6 is 19.4 Å². The van der Waals surface area contributed by atoms with Crippen molar-refractivity contribution in [3.63, 3.8) is 0 Å². The molecule has 0 spiro atoms. The minimum atomic E-state index is -3.28. The molecule has 126 valence electrons. The van der Waals surface area contributed by atoms with Crippen LogP contribution in [0.2, 0.25) is 5.15 Å². The average molecular weight is 363 g/mol. The topological polar surface area (TPSA) is 112 Å². The fourth-order valence-corrected chi connectivity index (χ4v) is 3.55. The van der Waals surface area contributed by atoms with Crippen LogP contribution in [-0.2, 0) is 13.8 Å². The first-order valence-electron chi connectivity index (χ1n) is 7.04. The maximum absolute atomic E-state index is 10.4. The van der Waals surface area contributed by atoms with E-state index in [0.717, 1.165) is 0 Å². The van der Waals surface area contributed by atoms with Crippen LogP contribution in [0.1, 0.15) is 13.2 Å². The summed E-state index contributed by atoms with van der Waals surface area (Å²) in [5.41, 5.74) is 0.849. The van der Waals surface area contributed by atoms with E-state index in [-0.39, 0.29) is 24.5 Å². The van der Waals surface area contributed by atoms with Gasteiger partial charge in [-0.25, -0.2) is 0 Å². The van der Waals surface area contributed by atoms with E-state index >= 15 is 0 Å². The molecule has 3 heterocycles. The summed E-state index contributed by atoms with van der Waals surface area (Å²) in [5, 5.41) is 10.6. The molecule has 2 aromatic heterocycles. The summed E-state index contributed by atoms with van der Waals surface area (Å²) in [4.78, 5) is 22.2. The van der Waals surface area contributed by atoms with Gasteiger partial charge in [0.1, 0.15) is 0 Å². The number of hydrogen-bond donors (Lipinski definition) is 2. The molecule has 0 radical (unpaired) electrons. The number of fused-ring (bicyclic) bond motifs is 1. The number of aliphatic hydroxyl groups excluding tert-OH is 1. The fraction of sp³-hybridized carbons (Fsp3) is 0.545. The number of nitrogens with zero attached hydrogens (tertiary/aromatic N) is 4. The zero-order chi connectivity index (χ0) is 16.6. The van der Waals surface area contributed by atoms with Crippen LogP contribution in [0.15, 0.2) is 12.7 Å². The summed E-state index contributed by atoms with van der Waals surface area (Å²) >= 11 is 5.99. The second kappa shape index (κ2) is 6.56. The van der Waals surface area contributed by atoms with E-state index in [2.05, 4.69) is 15.0 Å². The van der Waals surface area contributed by atoms with E-state index in [1.807, 2.05) is 0 Å². The van der Waals surface area contributed by atoms with Crippen LogP contribution in [0.3, 0.4) is 0 Å². The summed E-state index contributed by atoms with van der Waals surface area (Å²) in [6, 6.07) is 0. The normalized spacial score (nSPS) is 30.3. The SMILES string of the molecule is B[PH]1(O)OC[C@H](C)O[C@@H](n2cnc3c(Cl)ncnc32)[C@@H](O)CO1. The molecule has 0 aromatic carbocycles. The first-order valence-corrected chi connectivity index (χ1v) is 9.68. The van der Waals surface area contributed by atoms with Gasteiger partial charge in [-0.1, -0.05) is 0 Å². The fourth-order valence-electron chi connectivity index (χ4n) is 2.26. The zero-order valence-electron chi connectivity index (χ0n) is 12.6. The van der Waals surface area contributed by atoms with Crippen LogP contribution in [-0.4, -0.2) is 62.5 Å². The van der Waals surface area contributed by atoms with Crippen LogP contribution < -0.4 is 0 Å². The molecule has 0 saturated carbocycles. The van der Waals surface area contributed by atoms with Crippen LogP contribution in [0.5, 0.6) is 0 Å². The van der Waals surface area contributed by atoms with E-state index in [1.54, 1.807) is 11.5 Å². The summed E-state index contributed by atoms with van der Waals surface area (Å²) in [6.07, 6.45) is 0.535. The van der Waals surface area contributed by atoms with Gasteiger partial charge in [0.2, 0.25) is 0 Å². The van der Waals surface area contributed by atoms with Crippen molar-refractivity contribution < 1.29 is 23.8 Å². The van der Waals surface area contributed by atoms with Gasteiger partial charge in [0.15, 0.2) is 0 Å². The third-order valence-corrected chi connectivity index (χ3v) is 5.08. The van der Waals surface area contributed by atoms with Crippen molar-refractivity contribution in [2.24, 2.45) is 0 Å². The molecule has 1 fully saturated rings. The molecule has 1 aliphatic rings. The van der Waals surface area contributed by atoms with E-state index in [9.17, 15) is 10.00 Å². The van der Waals surface area contributed by atoms with Gasteiger partial charge in [-0.3, -0.25) is 0 Å². The van der Waals surface area contributed by atoms with Gasteiger partial charge < -0.3 is 0 Å². The van der Waals surface area contributed by atoms with Crippen molar-refractivity contribution in [1.82, 2.24) is 19.5 Å². The van der Waals surface area contributed by atoms with Gasteiger partial charge in [0, 0.05) is 0 Å². The average Bonchev–Trinajstić information content (AvgIpc) is 2.94. The molecule has 1 aliphatic heterocycles. The number of ether oxygens (including phenoxy) is 1. The summed E-state index contributed by atoms with van der Waals surface area (Å²) in [5.74, 6) is 0. The number of imidazole rings is 1. The Bertz CT molecular complexity index is 704. The molecule has 23 heavy (non-hydrogen) atoms. The second-order valence-corrected chi connectivity index (χ2v) is 8.14. The first kappa shape index (κ1) is 17.0. The van der Waals surface area contributed by atoms with Gasteiger partial charge in [0.05, 0.1) is 0 Å². The molecule has 1 saturated heterocycles. The first-order chi connectivity index (χ1) is 10.9. The van der Waals surface area contributed by atoms with Gasteiger partial charge >= 0.3 is 138 Å². The van der Waals surface area contributed by atoms with Crippen LogP contribution in [0, 0.1) is 0 Å². The molecular weight excluding hydrogens is 345 g/mol. The molecule has 0 unspecified atom stereocenters. The van der Waals surface area contributed by atoms with Crippen molar-refractivity contribution in [2.45, 2.75) is 25.4 Å². The Kier molecular flexibility index (Phi) is 4.84. The molecule has 3 atom stereocenters. The van der Waals surface area contributed by atoms with Gasteiger partial charge in [-0.05, 0) is 0 Å². The number of aliphatic hydroxyl groups is 1. The molecule has 0 bridgehead atoms. The standard InChI is InChI=1S/C11H17BClN4O5P/c1-6-2-20-23(12,19)21-3-7(18)11(22-6)17-5-16-8-9(13)14-4-15-10(8)17/h4-7,11,18-19,23H,2-3,12H2,1H3/t6-,7-,11+/m0/s1. The molecule has 2 N–H and O–H groups in total. The van der Waals surface area contributed by atoms with Gasteiger partial charge in [-0.2, -0.15) is 0 Å². The molecule has 9 nitrogen and oxygen atoms in total. The van der Waals surface area contributed by atoms with E-state index in [1.165, 1.54) is 20.2 Å². The third kappa shape index (κ3) is 3.64. The second-order valence-electron chi connectivity index (χ2n) is 5.41. The van der Waals surface area contributed by atoms with Crippen molar-refractivity contribution in [3.8, 4) is 0 Å². The number of halogens is 1. The van der Waals surface area contributed by atoms with Crippen molar-refractivity contribution >= 4 is 38.2 Å². The molecular formula is C11H17BClN4O5P. The Labute approximate surface area is 138 Å². The third-order valence-electron chi connectivity index (χ3n) is 3.40. The number of rotatable bonds is 1. The summed E-state index contributed by atoms with van der Waals surface area (Å²) in [7, 11) is -1.79. The Morgan fingerprint density at radius 1 is 1.35 bits per heavy atom. The van der Waals surface area contributed by atoms with E-state index < -0.39 is 20.2 Å². The number of hydrogen-bond acceptors (Lipinski definition) is 8. The zero-order valence-corrected chi connectivity index (χ0v) is 14.3.